The number of ether oxygens (including phenoxy) is 3. The van der Waals surface area contributed by atoms with Crippen LogP contribution in [0, 0.1) is 0 Å². The second-order valence-corrected chi connectivity index (χ2v) is 7.12. The van der Waals surface area contributed by atoms with Crippen molar-refractivity contribution < 1.29 is 49.6 Å². The lowest BCUT2D eigenvalue weighted by Gasteiger charge is -2.39. The smallest absolute Gasteiger partial charge is 0.229 e. The third-order valence-corrected chi connectivity index (χ3v) is 4.94. The molecule has 0 bridgehead atoms. The lowest BCUT2D eigenvalue weighted by Crippen LogP contribution is -2.60. The quantitative estimate of drug-likeness (QED) is 0.254. The molecule has 0 aromatic heterocycles. The predicted octanol–water partition coefficient (Wildman–Crippen LogP) is 0.181. The van der Waals surface area contributed by atoms with Crippen molar-refractivity contribution in [2.75, 3.05) is 13.7 Å². The number of phenolic OH excluding ortho intramolecular Hbond substituents is 2. The number of aliphatic hydroxyl groups is 4. The molecule has 0 amide bonds. The molecule has 1 fully saturated rings. The Kier molecular flexibility index (Phi) is 7.33. The van der Waals surface area contributed by atoms with Crippen molar-refractivity contribution >= 4 is 11.9 Å². The fourth-order valence-corrected chi connectivity index (χ4v) is 3.19. The summed E-state index contributed by atoms with van der Waals surface area (Å²) in [6.07, 6.45) is -4.73. The van der Waals surface area contributed by atoms with E-state index in [0.717, 1.165) is 6.07 Å². The van der Waals surface area contributed by atoms with Crippen molar-refractivity contribution in [2.24, 2.45) is 0 Å². The van der Waals surface area contributed by atoms with E-state index in [0.29, 0.717) is 5.56 Å². The first-order valence-electron chi connectivity index (χ1n) is 9.64. The van der Waals surface area contributed by atoms with Gasteiger partial charge in [-0.15, -0.1) is 0 Å². The summed E-state index contributed by atoms with van der Waals surface area (Å²) in [5.41, 5.74) is 0.515. The van der Waals surface area contributed by atoms with E-state index in [9.17, 15) is 35.4 Å². The van der Waals surface area contributed by atoms with Crippen LogP contribution in [0.3, 0.4) is 0 Å². The summed E-state index contributed by atoms with van der Waals surface area (Å²) < 4.78 is 15.9. The molecule has 10 heteroatoms. The molecule has 0 saturated carbocycles. The Morgan fingerprint density at radius 1 is 1.06 bits per heavy atom. The second kappa shape index (κ2) is 9.98. The highest BCUT2D eigenvalue weighted by Gasteiger charge is 2.44. The van der Waals surface area contributed by atoms with Crippen molar-refractivity contribution in [2.45, 2.75) is 30.7 Å². The topological polar surface area (TPSA) is 166 Å². The fraction of sp³-hybridized carbons (Fsp3) is 0.318. The molecule has 1 aliphatic rings. The average molecular weight is 448 g/mol. The van der Waals surface area contributed by atoms with E-state index in [-0.39, 0.29) is 22.8 Å². The molecule has 0 unspecified atom stereocenters. The molecular formula is C22H24O10. The van der Waals surface area contributed by atoms with Crippen molar-refractivity contribution in [3.63, 3.8) is 0 Å². The second-order valence-electron chi connectivity index (χ2n) is 7.12. The highest BCUT2D eigenvalue weighted by molar-refractivity contribution is 6.10. The molecule has 2 aromatic carbocycles. The zero-order valence-corrected chi connectivity index (χ0v) is 17.0. The maximum Gasteiger partial charge on any atom is 0.229 e. The zero-order valence-electron chi connectivity index (χ0n) is 17.0. The van der Waals surface area contributed by atoms with Gasteiger partial charge in [0, 0.05) is 12.1 Å². The number of hydrogen-bond donors (Lipinski definition) is 6. The van der Waals surface area contributed by atoms with Gasteiger partial charge in [-0.25, -0.2) is 0 Å². The summed E-state index contributed by atoms with van der Waals surface area (Å²) in [5, 5.41) is 58.8. The Hall–Kier alpha value is -3.15. The number of phenols is 2. The van der Waals surface area contributed by atoms with E-state index in [2.05, 4.69) is 0 Å². The molecule has 1 aliphatic heterocycles. The van der Waals surface area contributed by atoms with E-state index in [1.165, 1.54) is 37.5 Å². The normalized spacial score (nSPS) is 25.6. The van der Waals surface area contributed by atoms with Gasteiger partial charge in [0.2, 0.25) is 6.29 Å². The Labute approximate surface area is 183 Å². The van der Waals surface area contributed by atoms with E-state index in [1.807, 2.05) is 0 Å². The van der Waals surface area contributed by atoms with Gasteiger partial charge < -0.3 is 44.8 Å². The Bertz CT molecular complexity index is 969. The zero-order chi connectivity index (χ0) is 23.4. The van der Waals surface area contributed by atoms with Crippen LogP contribution < -0.4 is 9.47 Å². The highest BCUT2D eigenvalue weighted by Crippen LogP contribution is 2.35. The summed E-state index contributed by atoms with van der Waals surface area (Å²) in [6, 6.07) is 8.52. The van der Waals surface area contributed by atoms with Crippen LogP contribution in [-0.4, -0.2) is 80.8 Å². The molecule has 10 nitrogen and oxygen atoms in total. The number of methoxy groups -OCH3 is 1. The highest BCUT2D eigenvalue weighted by atomic mass is 16.7. The monoisotopic (exact) mass is 448 g/mol. The van der Waals surface area contributed by atoms with Crippen LogP contribution in [0.5, 0.6) is 23.0 Å². The maximum absolute atomic E-state index is 12.6. The van der Waals surface area contributed by atoms with Gasteiger partial charge in [0.05, 0.1) is 13.7 Å². The molecule has 1 heterocycles. The number of ketones is 1. The molecule has 0 aliphatic carbocycles. The standard InChI is InChI=1S/C22H24O10/c1-30-16-9-13(31-22-21(29)20(28)19(27)17(10-23)32-22)8-15(26)18(16)14(25)7-4-11-2-5-12(24)6-3-11/h2-9,17,19-24,26-29H,10H2,1H3/t17-,19-,20+,21-,22-/m1/s1. The Morgan fingerprint density at radius 2 is 1.75 bits per heavy atom. The van der Waals surface area contributed by atoms with Gasteiger partial charge in [-0.3, -0.25) is 4.79 Å². The first-order valence-corrected chi connectivity index (χ1v) is 9.64. The minimum absolute atomic E-state index is 0.0232. The summed E-state index contributed by atoms with van der Waals surface area (Å²) in [5.74, 6) is -1.02. The van der Waals surface area contributed by atoms with Crippen LogP contribution in [-0.2, 0) is 4.74 Å². The number of aliphatic hydroxyl groups excluding tert-OH is 4. The SMILES string of the molecule is COc1cc(O[C@@H]2O[C@H](CO)[C@@H](O)[C@H](O)[C@H]2O)cc(O)c1C(=O)C=Cc1ccc(O)cc1. The lowest BCUT2D eigenvalue weighted by atomic mass is 9.99. The van der Waals surface area contributed by atoms with Gasteiger partial charge in [0.15, 0.2) is 5.78 Å². The molecule has 172 valence electrons. The van der Waals surface area contributed by atoms with Crippen molar-refractivity contribution in [1.82, 2.24) is 0 Å². The van der Waals surface area contributed by atoms with Gasteiger partial charge in [0.1, 0.15) is 53.0 Å². The molecule has 1 saturated heterocycles. The molecule has 5 atom stereocenters. The molecule has 2 aromatic rings. The van der Waals surface area contributed by atoms with Crippen LogP contribution in [0.4, 0.5) is 0 Å². The Morgan fingerprint density at radius 3 is 2.38 bits per heavy atom. The summed E-state index contributed by atoms with van der Waals surface area (Å²) >= 11 is 0. The lowest BCUT2D eigenvalue weighted by molar-refractivity contribution is -0.277. The van der Waals surface area contributed by atoms with Gasteiger partial charge in [0.25, 0.3) is 0 Å². The molecule has 0 spiro atoms. The van der Waals surface area contributed by atoms with Crippen LogP contribution in [0.15, 0.2) is 42.5 Å². The summed E-state index contributed by atoms with van der Waals surface area (Å²) in [4.78, 5) is 12.6. The van der Waals surface area contributed by atoms with Crippen molar-refractivity contribution in [3.8, 4) is 23.0 Å². The maximum atomic E-state index is 12.6. The summed E-state index contributed by atoms with van der Waals surface area (Å²) in [6.45, 7) is -0.625. The third kappa shape index (κ3) is 5.01. The molecule has 32 heavy (non-hydrogen) atoms. The largest absolute Gasteiger partial charge is 0.508 e. The van der Waals surface area contributed by atoms with Crippen molar-refractivity contribution in [3.05, 3.63) is 53.6 Å². The molecular weight excluding hydrogens is 424 g/mol. The van der Waals surface area contributed by atoms with Gasteiger partial charge in [-0.2, -0.15) is 0 Å². The first kappa shape index (κ1) is 23.5. The number of allylic oxidation sites excluding steroid dienone is 1. The van der Waals surface area contributed by atoms with Gasteiger partial charge in [-0.1, -0.05) is 18.2 Å². The van der Waals surface area contributed by atoms with Crippen LogP contribution >= 0.6 is 0 Å². The number of hydrogen-bond acceptors (Lipinski definition) is 10. The molecule has 3 rings (SSSR count). The number of carbonyl (C=O) groups is 1. The Balaban J connectivity index is 1.81. The minimum Gasteiger partial charge on any atom is -0.508 e. The number of carbonyl (C=O) groups excluding carboxylic acids is 1. The van der Waals surface area contributed by atoms with Crippen molar-refractivity contribution in [1.29, 1.82) is 0 Å². The molecule has 6 N–H and O–H groups in total. The number of benzene rings is 2. The molecule has 0 radical (unpaired) electrons. The van der Waals surface area contributed by atoms with E-state index >= 15 is 0 Å². The summed E-state index contributed by atoms with van der Waals surface area (Å²) in [7, 11) is 1.28. The minimum atomic E-state index is -1.64. The van der Waals surface area contributed by atoms with E-state index in [1.54, 1.807) is 12.1 Å². The average Bonchev–Trinajstić information content (AvgIpc) is 2.78. The third-order valence-electron chi connectivity index (χ3n) is 4.94. The first-order chi connectivity index (χ1) is 15.2. The van der Waals surface area contributed by atoms with Crippen LogP contribution in [0.2, 0.25) is 0 Å². The van der Waals surface area contributed by atoms with Crippen LogP contribution in [0.25, 0.3) is 6.08 Å². The predicted molar refractivity (Wildman–Crippen MR) is 111 cm³/mol. The van der Waals surface area contributed by atoms with E-state index < -0.39 is 48.8 Å². The fourth-order valence-electron chi connectivity index (χ4n) is 3.19. The number of rotatable bonds is 7. The van der Waals surface area contributed by atoms with Gasteiger partial charge in [-0.05, 0) is 23.8 Å². The van der Waals surface area contributed by atoms with Crippen LogP contribution in [0.1, 0.15) is 15.9 Å². The van der Waals surface area contributed by atoms with E-state index in [4.69, 9.17) is 14.2 Å². The number of aromatic hydroxyl groups is 2. The van der Waals surface area contributed by atoms with Gasteiger partial charge >= 0.3 is 0 Å².